The molecule has 0 saturated heterocycles. The van der Waals surface area contributed by atoms with E-state index in [1.807, 2.05) is 30.3 Å². The van der Waals surface area contributed by atoms with Gasteiger partial charge in [-0.3, -0.25) is 5.73 Å². The molecule has 1 unspecified atom stereocenters. The van der Waals surface area contributed by atoms with Gasteiger partial charge in [-0.2, -0.15) is 0 Å². The average molecular weight is 210 g/mol. The van der Waals surface area contributed by atoms with Gasteiger partial charge in [0, 0.05) is 6.54 Å². The first-order valence-corrected chi connectivity index (χ1v) is 4.55. The number of ether oxygens (including phenoxy) is 2. The summed E-state index contributed by atoms with van der Waals surface area (Å²) in [4.78, 5) is 11.0. The van der Waals surface area contributed by atoms with Gasteiger partial charge in [0.15, 0.2) is 6.23 Å². The molecule has 5 heteroatoms. The Balaban J connectivity index is 2.29. The average Bonchev–Trinajstić information content (AvgIpc) is 2.27. The Morgan fingerprint density at radius 3 is 2.60 bits per heavy atom. The summed E-state index contributed by atoms with van der Waals surface area (Å²) in [7, 11) is 0. The third-order valence-corrected chi connectivity index (χ3v) is 1.68. The summed E-state index contributed by atoms with van der Waals surface area (Å²) < 4.78 is 9.42. The fourth-order valence-electron chi connectivity index (χ4n) is 0.922. The highest BCUT2D eigenvalue weighted by Crippen LogP contribution is 2.01. The lowest BCUT2D eigenvalue weighted by Gasteiger charge is -2.10. The highest BCUT2D eigenvalue weighted by molar-refractivity contribution is 5.60. The molecule has 0 spiro atoms. The summed E-state index contributed by atoms with van der Waals surface area (Å²) in [5.41, 5.74) is 11.3. The molecule has 0 amide bonds. The molecule has 0 radical (unpaired) electrons. The van der Waals surface area contributed by atoms with Gasteiger partial charge in [0.1, 0.15) is 6.61 Å². The largest absolute Gasteiger partial charge is 0.510 e. The Morgan fingerprint density at radius 1 is 1.33 bits per heavy atom. The summed E-state index contributed by atoms with van der Waals surface area (Å²) in [5, 5.41) is 0. The van der Waals surface area contributed by atoms with Gasteiger partial charge in [-0.05, 0) is 5.56 Å². The maximum absolute atomic E-state index is 11.0. The van der Waals surface area contributed by atoms with Crippen LogP contribution in [0.2, 0.25) is 0 Å². The Labute approximate surface area is 88.0 Å². The SMILES string of the molecule is NCC(N)OC(=O)OCc1ccccc1. The molecule has 0 aliphatic heterocycles. The minimum absolute atomic E-state index is 0.0699. The second-order valence-electron chi connectivity index (χ2n) is 2.92. The van der Waals surface area contributed by atoms with Crippen molar-refractivity contribution in [3.8, 4) is 0 Å². The van der Waals surface area contributed by atoms with Gasteiger partial charge in [0.05, 0.1) is 0 Å². The van der Waals surface area contributed by atoms with Crippen LogP contribution in [0.5, 0.6) is 0 Å². The van der Waals surface area contributed by atoms with E-state index in [4.69, 9.17) is 16.2 Å². The van der Waals surface area contributed by atoms with Gasteiger partial charge in [-0.1, -0.05) is 30.3 Å². The first-order valence-electron chi connectivity index (χ1n) is 4.55. The highest BCUT2D eigenvalue weighted by atomic mass is 16.7. The van der Waals surface area contributed by atoms with E-state index in [2.05, 4.69) is 4.74 Å². The van der Waals surface area contributed by atoms with Gasteiger partial charge < -0.3 is 15.2 Å². The Bertz CT molecular complexity index is 303. The Hall–Kier alpha value is -1.59. The lowest BCUT2D eigenvalue weighted by molar-refractivity contribution is 0.0236. The third-order valence-electron chi connectivity index (χ3n) is 1.68. The van der Waals surface area contributed by atoms with Crippen molar-refractivity contribution in [1.82, 2.24) is 0 Å². The minimum Gasteiger partial charge on any atom is -0.429 e. The molecule has 0 saturated carbocycles. The quantitative estimate of drug-likeness (QED) is 0.560. The summed E-state index contributed by atoms with van der Waals surface area (Å²) in [5.74, 6) is 0. The van der Waals surface area contributed by atoms with E-state index in [0.717, 1.165) is 5.56 Å². The van der Waals surface area contributed by atoms with Crippen LogP contribution in [0.25, 0.3) is 0 Å². The van der Waals surface area contributed by atoms with Crippen molar-refractivity contribution >= 4 is 6.16 Å². The van der Waals surface area contributed by atoms with Crippen molar-refractivity contribution in [2.45, 2.75) is 12.8 Å². The van der Waals surface area contributed by atoms with Crippen LogP contribution in [-0.2, 0) is 16.1 Å². The summed E-state index contributed by atoms with van der Waals surface area (Å²) in [6.07, 6.45) is -1.62. The second-order valence-corrected chi connectivity index (χ2v) is 2.92. The van der Waals surface area contributed by atoms with Gasteiger partial charge in [-0.15, -0.1) is 0 Å². The predicted molar refractivity (Wildman–Crippen MR) is 54.7 cm³/mol. The van der Waals surface area contributed by atoms with Crippen molar-refractivity contribution < 1.29 is 14.3 Å². The van der Waals surface area contributed by atoms with Crippen LogP contribution in [0.4, 0.5) is 4.79 Å². The lowest BCUT2D eigenvalue weighted by atomic mass is 10.2. The standard InChI is InChI=1S/C10H14N2O3/c11-6-9(12)15-10(13)14-7-8-4-2-1-3-5-8/h1-5,9H,6-7,11-12H2. The number of nitrogens with two attached hydrogens (primary N) is 2. The minimum atomic E-state index is -0.812. The van der Waals surface area contributed by atoms with Crippen LogP contribution in [0, 0.1) is 0 Å². The van der Waals surface area contributed by atoms with Crippen molar-refractivity contribution in [3.63, 3.8) is 0 Å². The molecule has 15 heavy (non-hydrogen) atoms. The smallest absolute Gasteiger partial charge is 0.429 e. The van der Waals surface area contributed by atoms with Crippen LogP contribution in [0.15, 0.2) is 30.3 Å². The number of carbonyl (C=O) groups is 1. The summed E-state index contributed by atoms with van der Waals surface area (Å²) in [6.45, 7) is 0.234. The zero-order valence-corrected chi connectivity index (χ0v) is 8.26. The van der Waals surface area contributed by atoms with E-state index in [0.29, 0.717) is 0 Å². The molecule has 0 heterocycles. The summed E-state index contributed by atoms with van der Waals surface area (Å²) >= 11 is 0. The van der Waals surface area contributed by atoms with E-state index < -0.39 is 12.4 Å². The van der Waals surface area contributed by atoms with Crippen LogP contribution < -0.4 is 11.5 Å². The number of rotatable bonds is 4. The lowest BCUT2D eigenvalue weighted by Crippen LogP contribution is -2.34. The molecule has 1 rings (SSSR count). The molecule has 5 nitrogen and oxygen atoms in total. The molecular formula is C10H14N2O3. The zero-order valence-electron chi connectivity index (χ0n) is 8.26. The molecule has 0 aliphatic rings. The summed E-state index contributed by atoms with van der Waals surface area (Å²) in [6, 6.07) is 9.28. The van der Waals surface area contributed by atoms with Crippen molar-refractivity contribution in [3.05, 3.63) is 35.9 Å². The third kappa shape index (κ3) is 4.44. The van der Waals surface area contributed by atoms with Crippen LogP contribution >= 0.6 is 0 Å². The second kappa shape index (κ2) is 6.00. The molecule has 1 aromatic carbocycles. The van der Waals surface area contributed by atoms with Crippen LogP contribution in [-0.4, -0.2) is 18.9 Å². The fraction of sp³-hybridized carbons (Fsp3) is 0.300. The Morgan fingerprint density at radius 2 is 2.00 bits per heavy atom. The van der Waals surface area contributed by atoms with Crippen molar-refractivity contribution in [2.24, 2.45) is 11.5 Å². The molecule has 0 bridgehead atoms. The molecule has 4 N–H and O–H groups in total. The monoisotopic (exact) mass is 210 g/mol. The molecule has 82 valence electrons. The topological polar surface area (TPSA) is 87.6 Å². The first-order chi connectivity index (χ1) is 7.22. The number of benzene rings is 1. The van der Waals surface area contributed by atoms with Gasteiger partial charge in [0.2, 0.25) is 0 Å². The van der Waals surface area contributed by atoms with E-state index in [9.17, 15) is 4.79 Å². The van der Waals surface area contributed by atoms with Crippen LogP contribution in [0.3, 0.4) is 0 Å². The first kappa shape index (κ1) is 11.5. The van der Waals surface area contributed by atoms with E-state index in [1.54, 1.807) is 0 Å². The maximum atomic E-state index is 11.0. The van der Waals surface area contributed by atoms with E-state index in [-0.39, 0.29) is 13.2 Å². The van der Waals surface area contributed by atoms with Crippen molar-refractivity contribution in [1.29, 1.82) is 0 Å². The van der Waals surface area contributed by atoms with Gasteiger partial charge in [0.25, 0.3) is 0 Å². The molecule has 0 aromatic heterocycles. The zero-order chi connectivity index (χ0) is 11.1. The van der Waals surface area contributed by atoms with Crippen molar-refractivity contribution in [2.75, 3.05) is 6.54 Å². The highest BCUT2D eigenvalue weighted by Gasteiger charge is 2.08. The molecule has 1 aromatic rings. The van der Waals surface area contributed by atoms with Crippen LogP contribution in [0.1, 0.15) is 5.56 Å². The number of hydrogen-bond acceptors (Lipinski definition) is 5. The molecular weight excluding hydrogens is 196 g/mol. The van der Waals surface area contributed by atoms with E-state index >= 15 is 0 Å². The normalized spacial score (nSPS) is 11.9. The molecule has 0 aliphatic carbocycles. The number of hydrogen-bond donors (Lipinski definition) is 2. The number of carbonyl (C=O) groups excluding carboxylic acids is 1. The van der Waals surface area contributed by atoms with Gasteiger partial charge in [-0.25, -0.2) is 4.79 Å². The van der Waals surface area contributed by atoms with E-state index in [1.165, 1.54) is 0 Å². The molecule has 1 atom stereocenters. The van der Waals surface area contributed by atoms with Gasteiger partial charge >= 0.3 is 6.16 Å². The predicted octanol–water partition coefficient (Wildman–Crippen LogP) is 0.583. The molecule has 0 fully saturated rings. The Kier molecular flexibility index (Phi) is 4.59. The maximum Gasteiger partial charge on any atom is 0.510 e. The fourth-order valence-corrected chi connectivity index (χ4v) is 0.922.